The molecule has 5 rings (SSSR count). The first kappa shape index (κ1) is 32.3. The van der Waals surface area contributed by atoms with Crippen LogP contribution in [-0.4, -0.2) is 68.6 Å². The first-order valence-corrected chi connectivity index (χ1v) is 13.6. The lowest BCUT2D eigenvalue weighted by Crippen LogP contribution is -2.36. The maximum Gasteiger partial charge on any atom is 0.490 e. The third-order valence-corrected chi connectivity index (χ3v) is 7.42. The Hall–Kier alpha value is -4.61. The maximum absolute atomic E-state index is 14.8. The average molecular weight is 653 g/mol. The summed E-state index contributed by atoms with van der Waals surface area (Å²) in [5.41, 5.74) is 1.70. The van der Waals surface area contributed by atoms with Crippen LogP contribution in [0.1, 0.15) is 33.6 Å². The SMILES string of the molecule is N#Cc1cccnc1N1CCCN(C(=O)c2cc(Cc3c[nH]c(=O)c4cc(Cl)c(Cl)n34)ccc2F)CC1.O=C(O)C(F)(F)F. The van der Waals surface area contributed by atoms with Crippen molar-refractivity contribution in [1.29, 1.82) is 5.26 Å². The molecule has 16 heteroatoms. The monoisotopic (exact) mass is 652 g/mol. The third kappa shape index (κ3) is 7.12. The van der Waals surface area contributed by atoms with E-state index in [9.17, 15) is 32.4 Å². The molecule has 10 nitrogen and oxygen atoms in total. The molecule has 0 radical (unpaired) electrons. The van der Waals surface area contributed by atoms with E-state index < -0.39 is 23.9 Å². The topological polar surface area (TPSA) is 135 Å². The van der Waals surface area contributed by atoms with Gasteiger partial charge in [0.25, 0.3) is 11.5 Å². The van der Waals surface area contributed by atoms with E-state index in [1.165, 1.54) is 24.4 Å². The molecule has 1 amide bonds. The fraction of sp³-hybridized carbons (Fsp3) is 0.250. The number of hydrogen-bond acceptors (Lipinski definition) is 6. The summed E-state index contributed by atoms with van der Waals surface area (Å²) in [4.78, 5) is 45.0. The van der Waals surface area contributed by atoms with Gasteiger partial charge < -0.3 is 19.9 Å². The number of aromatic amines is 1. The van der Waals surface area contributed by atoms with Crippen LogP contribution in [0.25, 0.3) is 5.52 Å². The fourth-order valence-corrected chi connectivity index (χ4v) is 5.06. The van der Waals surface area contributed by atoms with Gasteiger partial charge in [-0.1, -0.05) is 29.3 Å². The van der Waals surface area contributed by atoms with Gasteiger partial charge in [0.15, 0.2) is 0 Å². The summed E-state index contributed by atoms with van der Waals surface area (Å²) < 4.78 is 48.1. The Morgan fingerprint density at radius 2 is 1.84 bits per heavy atom. The number of halogens is 6. The highest BCUT2D eigenvalue weighted by molar-refractivity contribution is 6.42. The molecular formula is C28H22Cl2F4N6O4. The number of rotatable bonds is 4. The lowest BCUT2D eigenvalue weighted by Gasteiger charge is -2.23. The second kappa shape index (κ2) is 13.4. The number of amides is 1. The number of anilines is 1. The summed E-state index contributed by atoms with van der Waals surface area (Å²) in [6.07, 6.45) is -0.992. The van der Waals surface area contributed by atoms with Crippen molar-refractivity contribution in [2.45, 2.75) is 19.0 Å². The number of nitrogens with one attached hydrogen (secondary N) is 1. The zero-order chi connectivity index (χ0) is 32.2. The predicted octanol–water partition coefficient (Wildman–Crippen LogP) is 4.92. The van der Waals surface area contributed by atoms with Crippen LogP contribution in [0.3, 0.4) is 0 Å². The second-order valence-electron chi connectivity index (χ2n) is 9.53. The summed E-state index contributed by atoms with van der Waals surface area (Å²) >= 11 is 12.4. The molecule has 1 aliphatic heterocycles. The molecule has 0 atom stereocenters. The molecule has 1 aromatic carbocycles. The number of nitrogens with zero attached hydrogens (tertiary/aromatic N) is 5. The molecule has 1 saturated heterocycles. The van der Waals surface area contributed by atoms with Crippen molar-refractivity contribution in [2.24, 2.45) is 0 Å². The van der Waals surface area contributed by atoms with Crippen molar-refractivity contribution in [2.75, 3.05) is 31.1 Å². The van der Waals surface area contributed by atoms with E-state index in [1.807, 2.05) is 4.90 Å². The van der Waals surface area contributed by atoms with E-state index in [4.69, 9.17) is 33.1 Å². The number of aliphatic carboxylic acids is 1. The first-order valence-electron chi connectivity index (χ1n) is 12.9. The molecule has 0 spiro atoms. The minimum Gasteiger partial charge on any atom is -0.475 e. The van der Waals surface area contributed by atoms with Crippen molar-refractivity contribution < 1.29 is 32.3 Å². The van der Waals surface area contributed by atoms with Crippen LogP contribution in [0.2, 0.25) is 10.2 Å². The average Bonchev–Trinajstić information content (AvgIpc) is 3.14. The van der Waals surface area contributed by atoms with Crippen LogP contribution >= 0.6 is 23.2 Å². The maximum atomic E-state index is 14.8. The van der Waals surface area contributed by atoms with Crippen LogP contribution in [0.5, 0.6) is 0 Å². The minimum absolute atomic E-state index is 0.0289. The highest BCUT2D eigenvalue weighted by atomic mass is 35.5. The van der Waals surface area contributed by atoms with Crippen LogP contribution in [0.15, 0.2) is 53.6 Å². The van der Waals surface area contributed by atoms with Gasteiger partial charge in [0.05, 0.1) is 16.1 Å². The highest BCUT2D eigenvalue weighted by Gasteiger charge is 2.38. The number of fused-ring (bicyclic) bond motifs is 1. The Labute approximate surface area is 256 Å². The lowest BCUT2D eigenvalue weighted by atomic mass is 10.0. The van der Waals surface area contributed by atoms with Crippen LogP contribution < -0.4 is 10.5 Å². The number of nitriles is 1. The number of benzene rings is 1. The molecule has 0 aliphatic carbocycles. The molecule has 4 heterocycles. The van der Waals surface area contributed by atoms with Gasteiger partial charge in [-0.3, -0.25) is 14.0 Å². The summed E-state index contributed by atoms with van der Waals surface area (Å²) in [6, 6.07) is 11.5. The largest absolute Gasteiger partial charge is 0.490 e. The number of alkyl halides is 3. The summed E-state index contributed by atoms with van der Waals surface area (Å²) in [5, 5.41) is 17.0. The van der Waals surface area contributed by atoms with Crippen LogP contribution in [-0.2, 0) is 11.2 Å². The van der Waals surface area contributed by atoms with Gasteiger partial charge in [0.2, 0.25) is 0 Å². The Balaban J connectivity index is 0.000000566. The zero-order valence-electron chi connectivity index (χ0n) is 22.5. The van der Waals surface area contributed by atoms with Gasteiger partial charge in [-0.25, -0.2) is 14.2 Å². The van der Waals surface area contributed by atoms with Crippen LogP contribution in [0.4, 0.5) is 23.4 Å². The van der Waals surface area contributed by atoms with Gasteiger partial charge in [0, 0.05) is 50.7 Å². The van der Waals surface area contributed by atoms with Gasteiger partial charge in [0.1, 0.15) is 28.4 Å². The van der Waals surface area contributed by atoms with E-state index in [1.54, 1.807) is 33.7 Å². The highest BCUT2D eigenvalue weighted by Crippen LogP contribution is 2.27. The Kier molecular flexibility index (Phi) is 9.81. The number of H-pyrrole nitrogens is 1. The standard InChI is InChI=1S/C26H21Cl2FN6O2.C2HF3O2/c27-20-13-22-25(36)32-15-18(35(22)23(20)28)11-16-4-5-21(29)19(12-16)26(37)34-8-2-7-33(9-10-34)24-17(14-30)3-1-6-31-24;3-2(4,5)1(6)7/h1,3-6,12-13,15H,2,7-11H2,(H,32,36);(H,6,7). The number of aromatic nitrogens is 3. The smallest absolute Gasteiger partial charge is 0.475 e. The van der Waals surface area contributed by atoms with Crippen LogP contribution in [0, 0.1) is 17.1 Å². The first-order chi connectivity index (χ1) is 20.8. The number of carbonyl (C=O) groups is 2. The molecule has 230 valence electrons. The van der Waals surface area contributed by atoms with Crippen molar-refractivity contribution in [3.63, 3.8) is 0 Å². The predicted molar refractivity (Wildman–Crippen MR) is 153 cm³/mol. The summed E-state index contributed by atoms with van der Waals surface area (Å²) in [7, 11) is 0. The molecule has 1 fully saturated rings. The molecule has 4 aromatic rings. The van der Waals surface area contributed by atoms with E-state index in [-0.39, 0.29) is 27.7 Å². The normalized spacial score (nSPS) is 13.6. The van der Waals surface area contributed by atoms with Crippen molar-refractivity contribution in [1.82, 2.24) is 19.3 Å². The molecule has 1 aliphatic rings. The third-order valence-electron chi connectivity index (χ3n) is 6.67. The van der Waals surface area contributed by atoms with E-state index >= 15 is 0 Å². The van der Waals surface area contributed by atoms with Crippen molar-refractivity contribution >= 4 is 46.4 Å². The summed E-state index contributed by atoms with van der Waals surface area (Å²) in [5.74, 6) is -3.19. The lowest BCUT2D eigenvalue weighted by molar-refractivity contribution is -0.192. The molecule has 44 heavy (non-hydrogen) atoms. The Morgan fingerprint density at radius 1 is 1.11 bits per heavy atom. The number of carboxylic acids is 1. The van der Waals surface area contributed by atoms with Gasteiger partial charge >= 0.3 is 12.1 Å². The minimum atomic E-state index is -5.08. The molecule has 0 bridgehead atoms. The number of pyridine rings is 1. The molecule has 0 unspecified atom stereocenters. The number of carboxylic acid groups (broad SMARTS) is 1. The molecule has 0 saturated carbocycles. The van der Waals surface area contributed by atoms with E-state index in [0.717, 1.165) is 0 Å². The molecular weight excluding hydrogens is 631 g/mol. The zero-order valence-corrected chi connectivity index (χ0v) is 24.0. The molecule has 3 aromatic heterocycles. The van der Waals surface area contributed by atoms with E-state index in [0.29, 0.717) is 60.8 Å². The van der Waals surface area contributed by atoms with Gasteiger partial charge in [-0.2, -0.15) is 18.4 Å². The Bertz CT molecular complexity index is 1820. The second-order valence-corrected chi connectivity index (χ2v) is 10.3. The van der Waals surface area contributed by atoms with E-state index in [2.05, 4.69) is 16.0 Å². The fourth-order valence-electron chi connectivity index (χ4n) is 4.62. The number of carbonyl (C=O) groups excluding carboxylic acids is 1. The van der Waals surface area contributed by atoms with Gasteiger partial charge in [-0.15, -0.1) is 0 Å². The van der Waals surface area contributed by atoms with Crippen molar-refractivity contribution in [3.8, 4) is 6.07 Å². The quantitative estimate of drug-likeness (QED) is 0.299. The Morgan fingerprint density at radius 3 is 2.52 bits per heavy atom. The van der Waals surface area contributed by atoms with Crippen molar-refractivity contribution in [3.05, 3.63) is 97.5 Å². The number of hydrogen-bond donors (Lipinski definition) is 2. The molecule has 2 N–H and O–H groups in total. The summed E-state index contributed by atoms with van der Waals surface area (Å²) in [6.45, 7) is 1.91. The van der Waals surface area contributed by atoms with Gasteiger partial charge in [-0.05, 0) is 42.3 Å².